The van der Waals surface area contributed by atoms with Gasteiger partial charge in [0.05, 0.1) is 35.5 Å². The van der Waals surface area contributed by atoms with E-state index in [9.17, 15) is 15.6 Å². The van der Waals surface area contributed by atoms with Gasteiger partial charge >= 0.3 is 0 Å². The molecule has 3 aromatic rings. The highest BCUT2D eigenvalue weighted by molar-refractivity contribution is 7.99. The monoisotopic (exact) mass is 375 g/mol. The fourth-order valence-corrected chi connectivity index (χ4v) is 3.92. The van der Waals surface area contributed by atoms with Crippen molar-refractivity contribution in [2.45, 2.75) is 36.4 Å². The Bertz CT molecular complexity index is 999. The fraction of sp³-hybridized carbons (Fsp3) is 0.200. The normalized spacial score (nSPS) is 10.4. The van der Waals surface area contributed by atoms with Gasteiger partial charge in [0.1, 0.15) is 17.5 Å². The molecule has 0 saturated heterocycles. The Morgan fingerprint density at radius 3 is 2.33 bits per heavy atom. The molecule has 0 radical (unpaired) electrons. The topological polar surface area (TPSA) is 98.5 Å². The SMILES string of the molecule is CCc1nc(CO)n(Cc2ccncc2)c1Sc1cc(C#N)cc(C#N)c1. The highest BCUT2D eigenvalue weighted by atomic mass is 32.2. The molecule has 27 heavy (non-hydrogen) atoms. The molecule has 0 spiro atoms. The summed E-state index contributed by atoms with van der Waals surface area (Å²) >= 11 is 1.45. The third-order valence-electron chi connectivity index (χ3n) is 4.01. The van der Waals surface area contributed by atoms with E-state index in [1.54, 1.807) is 30.6 Å². The number of nitrogens with zero attached hydrogens (tertiary/aromatic N) is 5. The largest absolute Gasteiger partial charge is 0.388 e. The van der Waals surface area contributed by atoms with E-state index in [2.05, 4.69) is 22.1 Å². The lowest BCUT2D eigenvalue weighted by Crippen LogP contribution is -2.06. The van der Waals surface area contributed by atoms with Crippen molar-refractivity contribution in [3.63, 3.8) is 0 Å². The zero-order valence-electron chi connectivity index (χ0n) is 14.8. The van der Waals surface area contributed by atoms with Crippen LogP contribution in [-0.4, -0.2) is 19.6 Å². The predicted octanol–water partition coefficient (Wildman–Crippen LogP) is 3.28. The van der Waals surface area contributed by atoms with E-state index < -0.39 is 0 Å². The average Bonchev–Trinajstić information content (AvgIpc) is 3.04. The van der Waals surface area contributed by atoms with Crippen LogP contribution in [0.25, 0.3) is 0 Å². The lowest BCUT2D eigenvalue weighted by atomic mass is 10.1. The molecule has 6 nitrogen and oxygen atoms in total. The van der Waals surface area contributed by atoms with Gasteiger partial charge in [-0.05, 0) is 42.3 Å². The van der Waals surface area contributed by atoms with Crippen LogP contribution in [0.3, 0.4) is 0 Å². The zero-order valence-corrected chi connectivity index (χ0v) is 15.6. The smallest absolute Gasteiger partial charge is 0.136 e. The van der Waals surface area contributed by atoms with Gasteiger partial charge in [-0.3, -0.25) is 4.98 Å². The number of aliphatic hydroxyl groups is 1. The van der Waals surface area contributed by atoms with Crippen molar-refractivity contribution < 1.29 is 5.11 Å². The Labute approximate surface area is 161 Å². The number of benzene rings is 1. The minimum Gasteiger partial charge on any atom is -0.388 e. The molecule has 2 heterocycles. The van der Waals surface area contributed by atoms with Crippen molar-refractivity contribution in [3.05, 3.63) is 70.9 Å². The Kier molecular flexibility index (Phi) is 5.87. The number of aryl methyl sites for hydroxylation is 1. The minimum atomic E-state index is -0.166. The van der Waals surface area contributed by atoms with Crippen LogP contribution in [0.4, 0.5) is 0 Å². The van der Waals surface area contributed by atoms with Crippen molar-refractivity contribution in [1.29, 1.82) is 10.5 Å². The van der Waals surface area contributed by atoms with Gasteiger partial charge < -0.3 is 9.67 Å². The Balaban J connectivity index is 2.05. The van der Waals surface area contributed by atoms with Gasteiger partial charge in [-0.15, -0.1) is 0 Å². The second-order valence-corrected chi connectivity index (χ2v) is 6.87. The van der Waals surface area contributed by atoms with E-state index in [1.165, 1.54) is 11.8 Å². The number of aliphatic hydroxyl groups excluding tert-OH is 1. The molecule has 1 aromatic carbocycles. The molecule has 134 valence electrons. The number of hydrogen-bond donors (Lipinski definition) is 1. The van der Waals surface area contributed by atoms with Gasteiger partial charge in [0.25, 0.3) is 0 Å². The van der Waals surface area contributed by atoms with E-state index in [1.807, 2.05) is 23.6 Å². The van der Waals surface area contributed by atoms with Crippen LogP contribution in [-0.2, 0) is 19.6 Å². The van der Waals surface area contributed by atoms with Crippen molar-refractivity contribution in [1.82, 2.24) is 14.5 Å². The molecule has 0 amide bonds. The van der Waals surface area contributed by atoms with E-state index >= 15 is 0 Å². The molecule has 0 aliphatic carbocycles. The highest BCUT2D eigenvalue weighted by Crippen LogP contribution is 2.33. The standard InChI is InChI=1S/C20H17N5OS/c1-2-18-20(27-17-8-15(10-21)7-16(9-17)11-22)25(19(13-26)24-18)12-14-3-5-23-6-4-14/h3-9,26H,2,12-13H2,1H3. The third-order valence-corrected chi connectivity index (χ3v) is 5.13. The third kappa shape index (κ3) is 4.17. The van der Waals surface area contributed by atoms with Crippen molar-refractivity contribution in [2.75, 3.05) is 0 Å². The fourth-order valence-electron chi connectivity index (χ4n) is 2.73. The van der Waals surface area contributed by atoms with E-state index in [0.717, 1.165) is 21.2 Å². The van der Waals surface area contributed by atoms with Crippen LogP contribution in [0.5, 0.6) is 0 Å². The first-order valence-corrected chi connectivity index (χ1v) is 9.21. The summed E-state index contributed by atoms with van der Waals surface area (Å²) in [6.07, 6.45) is 4.17. The van der Waals surface area contributed by atoms with Gasteiger partial charge in [0, 0.05) is 17.3 Å². The van der Waals surface area contributed by atoms with E-state index in [4.69, 9.17) is 0 Å². The summed E-state index contributed by atoms with van der Waals surface area (Å²) in [6, 6.07) is 13.1. The molecule has 7 heteroatoms. The summed E-state index contributed by atoms with van der Waals surface area (Å²) in [5.74, 6) is 0.586. The molecule has 0 saturated carbocycles. The van der Waals surface area contributed by atoms with Crippen molar-refractivity contribution in [3.8, 4) is 12.1 Å². The Morgan fingerprint density at radius 2 is 1.78 bits per heavy atom. The average molecular weight is 375 g/mol. The van der Waals surface area contributed by atoms with Gasteiger partial charge in [0.15, 0.2) is 0 Å². The highest BCUT2D eigenvalue weighted by Gasteiger charge is 2.18. The van der Waals surface area contributed by atoms with Gasteiger partial charge in [-0.2, -0.15) is 10.5 Å². The van der Waals surface area contributed by atoms with Crippen LogP contribution in [0, 0.1) is 22.7 Å². The molecule has 0 bridgehead atoms. The molecule has 0 aliphatic heterocycles. The molecular weight excluding hydrogens is 358 g/mol. The van der Waals surface area contributed by atoms with Gasteiger partial charge in [0.2, 0.25) is 0 Å². The maximum Gasteiger partial charge on any atom is 0.136 e. The first-order chi connectivity index (χ1) is 13.2. The predicted molar refractivity (Wildman–Crippen MR) is 101 cm³/mol. The van der Waals surface area contributed by atoms with Crippen molar-refractivity contribution in [2.24, 2.45) is 0 Å². The van der Waals surface area contributed by atoms with Crippen LogP contribution in [0.2, 0.25) is 0 Å². The summed E-state index contributed by atoms with van der Waals surface area (Å²) in [5, 5.41) is 29.1. The number of rotatable bonds is 6. The molecule has 1 N–H and O–H groups in total. The lowest BCUT2D eigenvalue weighted by molar-refractivity contribution is 0.265. The number of pyridine rings is 1. The van der Waals surface area contributed by atoms with E-state index in [-0.39, 0.29) is 6.61 Å². The van der Waals surface area contributed by atoms with Crippen LogP contribution >= 0.6 is 11.8 Å². The molecule has 0 aliphatic rings. The first kappa shape index (κ1) is 18.7. The lowest BCUT2D eigenvalue weighted by Gasteiger charge is -2.12. The summed E-state index contributed by atoms with van der Waals surface area (Å²) < 4.78 is 1.98. The van der Waals surface area contributed by atoms with Crippen LogP contribution in [0.1, 0.15) is 35.1 Å². The molecule has 0 fully saturated rings. The maximum absolute atomic E-state index is 9.77. The van der Waals surface area contributed by atoms with Crippen molar-refractivity contribution >= 4 is 11.8 Å². The Hall–Kier alpha value is -3.13. The first-order valence-electron chi connectivity index (χ1n) is 8.39. The molecular formula is C20H17N5OS. The van der Waals surface area contributed by atoms with Crippen LogP contribution < -0.4 is 0 Å². The van der Waals surface area contributed by atoms with Gasteiger partial charge in [-0.1, -0.05) is 18.7 Å². The van der Waals surface area contributed by atoms with E-state index in [0.29, 0.717) is 29.9 Å². The number of nitriles is 2. The summed E-state index contributed by atoms with van der Waals surface area (Å²) in [5.41, 5.74) is 2.80. The number of aromatic nitrogens is 3. The zero-order chi connectivity index (χ0) is 19.2. The van der Waals surface area contributed by atoms with Crippen LogP contribution in [0.15, 0.2) is 52.6 Å². The summed E-state index contributed by atoms with van der Waals surface area (Å²) in [6.45, 7) is 2.40. The minimum absolute atomic E-state index is 0.166. The summed E-state index contributed by atoms with van der Waals surface area (Å²) in [4.78, 5) is 9.40. The second-order valence-electron chi connectivity index (χ2n) is 5.80. The number of hydrogen-bond acceptors (Lipinski definition) is 6. The second kappa shape index (κ2) is 8.50. The molecule has 3 rings (SSSR count). The molecule has 0 atom stereocenters. The number of imidazole rings is 1. The Morgan fingerprint density at radius 1 is 1.11 bits per heavy atom. The summed E-state index contributed by atoms with van der Waals surface area (Å²) in [7, 11) is 0. The molecule has 2 aromatic heterocycles. The maximum atomic E-state index is 9.77. The van der Waals surface area contributed by atoms with Gasteiger partial charge in [-0.25, -0.2) is 4.98 Å². The quantitative estimate of drug-likeness (QED) is 0.710. The molecule has 0 unspecified atom stereocenters.